The number of phenols is 1. The van der Waals surface area contributed by atoms with Gasteiger partial charge in [-0.1, -0.05) is 48.7 Å². The van der Waals surface area contributed by atoms with Crippen molar-refractivity contribution in [2.45, 2.75) is 38.5 Å². The Morgan fingerprint density at radius 2 is 1.74 bits per heavy atom. The molecule has 0 aliphatic heterocycles. The Morgan fingerprint density at radius 1 is 1.05 bits per heavy atom. The largest absolute Gasteiger partial charge is 0.507 e. The molecule has 1 saturated carbocycles. The molecule has 5 aromatic rings. The molecule has 3 N–H and O–H groups in total. The lowest BCUT2D eigenvalue weighted by Gasteiger charge is -2.13. The molecule has 2 aromatic heterocycles. The summed E-state index contributed by atoms with van der Waals surface area (Å²) in [4.78, 5) is 13.0. The second kappa shape index (κ2) is 9.95. The van der Waals surface area contributed by atoms with Crippen LogP contribution in [-0.2, 0) is 0 Å². The molecule has 0 radical (unpaired) electrons. The van der Waals surface area contributed by atoms with Gasteiger partial charge in [-0.3, -0.25) is 14.5 Å². The van der Waals surface area contributed by atoms with Gasteiger partial charge in [-0.15, -0.1) is 10.2 Å². The summed E-state index contributed by atoms with van der Waals surface area (Å²) in [6, 6.07) is 19.0. The highest BCUT2D eigenvalue weighted by molar-refractivity contribution is 6.30. The fourth-order valence-corrected chi connectivity index (χ4v) is 5.42. The van der Waals surface area contributed by atoms with Crippen LogP contribution in [-0.4, -0.2) is 42.5 Å². The lowest BCUT2D eigenvalue weighted by atomic mass is 9.99. The summed E-state index contributed by atoms with van der Waals surface area (Å²) in [5, 5.41) is 31.8. The Balaban J connectivity index is 1.48. The van der Waals surface area contributed by atoms with Crippen LogP contribution in [0.15, 0.2) is 60.7 Å². The summed E-state index contributed by atoms with van der Waals surface area (Å²) in [7, 11) is 0. The van der Waals surface area contributed by atoms with E-state index in [4.69, 9.17) is 11.6 Å². The first-order chi connectivity index (χ1) is 18.5. The van der Waals surface area contributed by atoms with Gasteiger partial charge in [-0.2, -0.15) is 5.10 Å². The number of nitrogens with one attached hydrogen (secondary N) is 2. The third-order valence-corrected chi connectivity index (χ3v) is 7.45. The number of phenolic OH excluding ortho intramolecular Hbond substituents is 1. The molecule has 0 saturated heterocycles. The van der Waals surface area contributed by atoms with Crippen LogP contribution in [0.1, 0.15) is 54.8 Å². The van der Waals surface area contributed by atoms with Crippen molar-refractivity contribution < 1.29 is 9.90 Å². The predicted molar refractivity (Wildman–Crippen MR) is 148 cm³/mol. The van der Waals surface area contributed by atoms with Crippen molar-refractivity contribution in [2.75, 3.05) is 6.54 Å². The van der Waals surface area contributed by atoms with E-state index in [0.29, 0.717) is 34.6 Å². The van der Waals surface area contributed by atoms with E-state index in [1.165, 1.54) is 12.8 Å². The average molecular weight is 527 g/mol. The minimum absolute atomic E-state index is 0.0352. The van der Waals surface area contributed by atoms with E-state index in [0.717, 1.165) is 40.6 Å². The van der Waals surface area contributed by atoms with Crippen molar-refractivity contribution in [3.8, 4) is 34.0 Å². The van der Waals surface area contributed by atoms with Gasteiger partial charge in [-0.25, -0.2) is 0 Å². The number of rotatable bonds is 6. The zero-order chi connectivity index (χ0) is 26.2. The highest BCUT2D eigenvalue weighted by atomic mass is 35.5. The van der Waals surface area contributed by atoms with Gasteiger partial charge in [0, 0.05) is 34.6 Å². The number of aromatic nitrogens is 5. The molecule has 0 atom stereocenters. The maximum atomic E-state index is 13.0. The molecule has 0 unspecified atom stereocenters. The van der Waals surface area contributed by atoms with E-state index in [2.05, 4.69) is 25.7 Å². The standard InChI is InChI=1S/C29H27ClN6O2/c1-2-31-29(38)28-35-34-27(36(28)21-13-9-18(10-14-21)17-7-11-20(30)12-8-17)23-15-22-24(16-25(23)37)32-33-26(22)19-5-3-4-6-19/h7-16,19,37H,2-6H2,1H3,(H,31,38)(H,32,33). The first kappa shape index (κ1) is 24.2. The quantitative estimate of drug-likeness (QED) is 0.242. The van der Waals surface area contributed by atoms with Crippen LogP contribution >= 0.6 is 11.6 Å². The molecule has 1 aliphatic rings. The van der Waals surface area contributed by atoms with Gasteiger partial charge in [0.2, 0.25) is 5.82 Å². The molecule has 1 amide bonds. The van der Waals surface area contributed by atoms with Crippen molar-refractivity contribution >= 4 is 28.4 Å². The van der Waals surface area contributed by atoms with Crippen molar-refractivity contribution in [2.24, 2.45) is 0 Å². The summed E-state index contributed by atoms with van der Waals surface area (Å²) in [5.41, 5.74) is 5.01. The van der Waals surface area contributed by atoms with Gasteiger partial charge in [0.15, 0.2) is 5.82 Å². The summed E-state index contributed by atoms with van der Waals surface area (Å²) < 4.78 is 1.69. The Hall–Kier alpha value is -4.17. The van der Waals surface area contributed by atoms with Crippen LogP contribution in [0, 0.1) is 0 Å². The predicted octanol–water partition coefficient (Wildman–Crippen LogP) is 6.24. The van der Waals surface area contributed by atoms with Crippen LogP contribution in [0.3, 0.4) is 0 Å². The van der Waals surface area contributed by atoms with Crippen molar-refractivity contribution in [1.82, 2.24) is 30.3 Å². The van der Waals surface area contributed by atoms with Crippen molar-refractivity contribution in [1.29, 1.82) is 0 Å². The fraction of sp³-hybridized carbons (Fsp3) is 0.241. The molecule has 2 heterocycles. The van der Waals surface area contributed by atoms with Crippen molar-refractivity contribution in [3.05, 3.63) is 77.2 Å². The SMILES string of the molecule is CCNC(=O)c1nnc(-c2cc3c(C4CCCC4)n[nH]c3cc2O)n1-c1ccc(-c2ccc(Cl)cc2)cc1. The Kier molecular flexibility index (Phi) is 6.33. The topological polar surface area (TPSA) is 109 Å². The number of aromatic amines is 1. The number of carbonyl (C=O) groups is 1. The smallest absolute Gasteiger partial charge is 0.289 e. The maximum absolute atomic E-state index is 13.0. The number of benzene rings is 3. The van der Waals surface area contributed by atoms with Gasteiger partial charge in [-0.05, 0) is 61.2 Å². The van der Waals surface area contributed by atoms with E-state index in [1.54, 1.807) is 10.6 Å². The molecule has 192 valence electrons. The number of amides is 1. The number of aromatic hydroxyl groups is 1. The average Bonchev–Trinajstić information content (AvgIpc) is 3.68. The number of hydrogen-bond donors (Lipinski definition) is 3. The lowest BCUT2D eigenvalue weighted by Crippen LogP contribution is -2.26. The molecule has 9 heteroatoms. The minimum atomic E-state index is -0.344. The second-order valence-corrected chi connectivity index (χ2v) is 10.0. The molecule has 6 rings (SSSR count). The molecular weight excluding hydrogens is 500 g/mol. The van der Waals surface area contributed by atoms with Crippen LogP contribution < -0.4 is 5.32 Å². The van der Waals surface area contributed by atoms with Crippen LogP contribution in [0.25, 0.3) is 39.1 Å². The lowest BCUT2D eigenvalue weighted by molar-refractivity contribution is 0.0943. The summed E-state index contributed by atoms with van der Waals surface area (Å²) >= 11 is 6.05. The van der Waals surface area contributed by atoms with Gasteiger partial charge in [0.05, 0.1) is 16.8 Å². The summed E-state index contributed by atoms with van der Waals surface area (Å²) in [5.74, 6) is 0.606. The minimum Gasteiger partial charge on any atom is -0.507 e. The third-order valence-electron chi connectivity index (χ3n) is 7.20. The van der Waals surface area contributed by atoms with Gasteiger partial charge >= 0.3 is 0 Å². The highest BCUT2D eigenvalue weighted by Gasteiger charge is 2.26. The van der Waals surface area contributed by atoms with E-state index in [-0.39, 0.29) is 17.5 Å². The van der Waals surface area contributed by atoms with Crippen LogP contribution in [0.5, 0.6) is 5.75 Å². The number of hydrogen-bond acceptors (Lipinski definition) is 5. The normalized spacial score (nSPS) is 13.8. The maximum Gasteiger partial charge on any atom is 0.289 e. The Labute approximate surface area is 224 Å². The molecule has 0 bridgehead atoms. The van der Waals surface area contributed by atoms with Gasteiger partial charge in [0.1, 0.15) is 5.75 Å². The number of carbonyl (C=O) groups excluding carboxylic acids is 1. The van der Waals surface area contributed by atoms with E-state index in [9.17, 15) is 9.90 Å². The highest BCUT2D eigenvalue weighted by Crippen LogP contribution is 2.40. The van der Waals surface area contributed by atoms with E-state index < -0.39 is 0 Å². The first-order valence-corrected chi connectivity index (χ1v) is 13.2. The molecule has 0 spiro atoms. The molecule has 8 nitrogen and oxygen atoms in total. The van der Waals surface area contributed by atoms with E-state index in [1.807, 2.05) is 61.5 Å². The monoisotopic (exact) mass is 526 g/mol. The van der Waals surface area contributed by atoms with Crippen molar-refractivity contribution in [3.63, 3.8) is 0 Å². The third kappa shape index (κ3) is 4.31. The molecule has 3 aromatic carbocycles. The van der Waals surface area contributed by atoms with Gasteiger partial charge < -0.3 is 10.4 Å². The first-order valence-electron chi connectivity index (χ1n) is 12.8. The molecular formula is C29H27ClN6O2. The summed E-state index contributed by atoms with van der Waals surface area (Å²) in [6.45, 7) is 2.30. The van der Waals surface area contributed by atoms with E-state index >= 15 is 0 Å². The number of fused-ring (bicyclic) bond motifs is 1. The number of nitrogens with zero attached hydrogens (tertiary/aromatic N) is 4. The zero-order valence-corrected chi connectivity index (χ0v) is 21.7. The zero-order valence-electron chi connectivity index (χ0n) is 20.9. The number of halogens is 1. The van der Waals surface area contributed by atoms with Gasteiger partial charge in [0.25, 0.3) is 5.91 Å². The molecule has 1 aliphatic carbocycles. The number of H-pyrrole nitrogens is 1. The fourth-order valence-electron chi connectivity index (χ4n) is 5.30. The molecule has 38 heavy (non-hydrogen) atoms. The van der Waals surface area contributed by atoms with Crippen LogP contribution in [0.4, 0.5) is 0 Å². The Morgan fingerprint density at radius 3 is 2.42 bits per heavy atom. The molecule has 1 fully saturated rings. The second-order valence-electron chi connectivity index (χ2n) is 9.60. The van der Waals surface area contributed by atoms with Crippen LogP contribution in [0.2, 0.25) is 5.02 Å². The summed E-state index contributed by atoms with van der Waals surface area (Å²) in [6.07, 6.45) is 4.60. The Bertz CT molecular complexity index is 1620.